The second kappa shape index (κ2) is 9.38. The molecule has 8 rings (SSSR count). The van der Waals surface area contributed by atoms with Crippen molar-refractivity contribution >= 4 is 43.9 Å². The maximum atomic E-state index is 14.4. The zero-order valence-corrected chi connectivity index (χ0v) is 22.7. The summed E-state index contributed by atoms with van der Waals surface area (Å²) in [5.41, 5.74) is 8.62. The summed E-state index contributed by atoms with van der Waals surface area (Å²) in [4.78, 5) is 23.4. The number of aromatic nitrogens is 2. The van der Waals surface area contributed by atoms with Crippen LogP contribution in [0.4, 0.5) is 5.69 Å². The van der Waals surface area contributed by atoms with Gasteiger partial charge >= 0.3 is 0 Å². The molecular formula is C38H20N4O. The van der Waals surface area contributed by atoms with E-state index >= 15 is 0 Å². The van der Waals surface area contributed by atoms with Gasteiger partial charge in [0.2, 0.25) is 0 Å². The van der Waals surface area contributed by atoms with E-state index in [2.05, 4.69) is 41.2 Å². The Kier molecular flexibility index (Phi) is 5.34. The van der Waals surface area contributed by atoms with Crippen molar-refractivity contribution in [2.75, 3.05) is 0 Å². The normalized spacial score (nSPS) is 11.3. The van der Waals surface area contributed by atoms with Crippen molar-refractivity contribution in [1.29, 1.82) is 5.26 Å². The smallest absolute Gasteiger partial charge is 0.264 e. The van der Waals surface area contributed by atoms with Gasteiger partial charge in [0.25, 0.3) is 5.56 Å². The first-order chi connectivity index (χ1) is 21.2. The van der Waals surface area contributed by atoms with Gasteiger partial charge < -0.3 is 0 Å². The molecule has 0 saturated heterocycles. The standard InChI is InChI=1S/C38H20N4O/c1-40-32-19-18-30-34-29(17-16-28(35(32)34)26-14-12-23(22-39)13-15-26)37-41-33-21-27(24-8-4-2-5-9-24)20-31(25-10-6-3-7-11-25)36(33)42(37)38(30)43/h2-21H. The molecule has 0 saturated carbocycles. The van der Waals surface area contributed by atoms with Crippen LogP contribution in [0.5, 0.6) is 0 Å². The zero-order chi connectivity index (χ0) is 29.1. The van der Waals surface area contributed by atoms with Crippen LogP contribution in [0.3, 0.4) is 0 Å². The number of hydrogen-bond acceptors (Lipinski definition) is 3. The van der Waals surface area contributed by atoms with Crippen LogP contribution in [0.15, 0.2) is 126 Å². The van der Waals surface area contributed by atoms with Gasteiger partial charge in [0, 0.05) is 16.3 Å². The summed E-state index contributed by atoms with van der Waals surface area (Å²) >= 11 is 0. The number of hydrogen-bond donors (Lipinski definition) is 0. The zero-order valence-electron chi connectivity index (χ0n) is 22.7. The lowest BCUT2D eigenvalue weighted by Crippen LogP contribution is -2.13. The minimum absolute atomic E-state index is 0.173. The number of pyridine rings is 1. The van der Waals surface area contributed by atoms with Crippen molar-refractivity contribution in [3.8, 4) is 39.4 Å². The van der Waals surface area contributed by atoms with Crippen molar-refractivity contribution in [1.82, 2.24) is 9.38 Å². The number of nitriles is 1. The second-order valence-corrected chi connectivity index (χ2v) is 10.5. The van der Waals surface area contributed by atoms with Crippen LogP contribution in [0.2, 0.25) is 0 Å². The number of fused-ring (bicyclic) bond motifs is 4. The molecule has 0 aliphatic carbocycles. The van der Waals surface area contributed by atoms with Gasteiger partial charge in [-0.2, -0.15) is 5.26 Å². The Morgan fingerprint density at radius 3 is 2.05 bits per heavy atom. The van der Waals surface area contributed by atoms with Gasteiger partial charge in [0.1, 0.15) is 5.65 Å². The van der Waals surface area contributed by atoms with Crippen molar-refractivity contribution in [3.05, 3.63) is 149 Å². The molecule has 0 amide bonds. The van der Waals surface area contributed by atoms with Gasteiger partial charge in [-0.25, -0.2) is 9.83 Å². The maximum Gasteiger partial charge on any atom is 0.264 e. The summed E-state index contributed by atoms with van der Waals surface area (Å²) in [7, 11) is 0. The molecule has 0 atom stereocenters. The van der Waals surface area contributed by atoms with E-state index in [0.717, 1.165) is 60.6 Å². The molecule has 2 aromatic heterocycles. The lowest BCUT2D eigenvalue weighted by atomic mass is 9.92. The van der Waals surface area contributed by atoms with E-state index in [1.807, 2.05) is 66.7 Å². The Morgan fingerprint density at radius 2 is 1.35 bits per heavy atom. The van der Waals surface area contributed by atoms with E-state index < -0.39 is 0 Å². The van der Waals surface area contributed by atoms with Gasteiger partial charge in [0.15, 0.2) is 5.69 Å². The molecule has 0 bridgehead atoms. The fourth-order valence-electron chi connectivity index (χ4n) is 6.24. The average molecular weight is 549 g/mol. The predicted octanol–water partition coefficient (Wildman–Crippen LogP) is 9.02. The molecular weight excluding hydrogens is 528 g/mol. The topological polar surface area (TPSA) is 62.5 Å². The summed E-state index contributed by atoms with van der Waals surface area (Å²) in [6.07, 6.45) is 0. The van der Waals surface area contributed by atoms with Crippen molar-refractivity contribution in [2.24, 2.45) is 0 Å². The molecule has 0 fully saturated rings. The van der Waals surface area contributed by atoms with Gasteiger partial charge in [-0.05, 0) is 62.9 Å². The predicted molar refractivity (Wildman–Crippen MR) is 172 cm³/mol. The summed E-state index contributed by atoms with van der Waals surface area (Å²) in [5, 5.41) is 12.1. The Labute approximate surface area is 246 Å². The highest BCUT2D eigenvalue weighted by Crippen LogP contribution is 2.42. The van der Waals surface area contributed by atoms with E-state index in [4.69, 9.17) is 11.6 Å². The maximum absolute atomic E-state index is 14.4. The number of rotatable bonds is 3. The number of nitrogens with zero attached hydrogens (tertiary/aromatic N) is 4. The number of imidazole rings is 1. The molecule has 5 heteroatoms. The molecule has 0 unspecified atom stereocenters. The summed E-state index contributed by atoms with van der Waals surface area (Å²) in [6, 6.07) is 41.4. The molecule has 8 aromatic rings. The first kappa shape index (κ1) is 24.5. The van der Waals surface area contributed by atoms with Crippen molar-refractivity contribution in [3.63, 3.8) is 0 Å². The lowest BCUT2D eigenvalue weighted by Gasteiger charge is -2.14. The van der Waals surface area contributed by atoms with Crippen LogP contribution < -0.4 is 5.56 Å². The summed E-state index contributed by atoms with van der Waals surface area (Å²) in [6.45, 7) is 7.95. The highest BCUT2D eigenvalue weighted by molar-refractivity contribution is 6.23. The molecule has 0 spiro atoms. The molecule has 6 aromatic carbocycles. The van der Waals surface area contributed by atoms with Crippen LogP contribution in [0, 0.1) is 17.9 Å². The fraction of sp³-hybridized carbons (Fsp3) is 0. The highest BCUT2D eigenvalue weighted by atomic mass is 16.1. The Balaban J connectivity index is 1.53. The summed E-state index contributed by atoms with van der Waals surface area (Å²) < 4.78 is 1.74. The highest BCUT2D eigenvalue weighted by Gasteiger charge is 2.22. The second-order valence-electron chi connectivity index (χ2n) is 10.5. The van der Waals surface area contributed by atoms with Gasteiger partial charge in [-0.3, -0.25) is 9.20 Å². The van der Waals surface area contributed by atoms with Gasteiger partial charge in [-0.1, -0.05) is 97.1 Å². The van der Waals surface area contributed by atoms with E-state index in [0.29, 0.717) is 22.3 Å². The minimum Gasteiger partial charge on any atom is -0.268 e. The Hall–Kier alpha value is -6.30. The molecule has 198 valence electrons. The molecule has 0 radical (unpaired) electrons. The molecule has 5 nitrogen and oxygen atoms in total. The van der Waals surface area contributed by atoms with Crippen LogP contribution in [-0.2, 0) is 0 Å². The largest absolute Gasteiger partial charge is 0.268 e. The van der Waals surface area contributed by atoms with Crippen LogP contribution >= 0.6 is 0 Å². The number of benzene rings is 6. The Morgan fingerprint density at radius 1 is 0.674 bits per heavy atom. The van der Waals surface area contributed by atoms with E-state index in [-0.39, 0.29) is 5.56 Å². The van der Waals surface area contributed by atoms with Crippen molar-refractivity contribution in [2.45, 2.75) is 0 Å². The third-order valence-corrected chi connectivity index (χ3v) is 8.20. The molecule has 0 N–H and O–H groups in total. The van der Waals surface area contributed by atoms with Crippen LogP contribution in [-0.4, -0.2) is 9.38 Å². The average Bonchev–Trinajstić information content (AvgIpc) is 3.47. The third-order valence-electron chi connectivity index (χ3n) is 8.20. The van der Waals surface area contributed by atoms with Crippen LogP contribution in [0.1, 0.15) is 5.56 Å². The molecule has 43 heavy (non-hydrogen) atoms. The monoisotopic (exact) mass is 548 g/mol. The van der Waals surface area contributed by atoms with E-state index in [1.54, 1.807) is 28.7 Å². The fourth-order valence-corrected chi connectivity index (χ4v) is 6.24. The molecule has 0 aliphatic rings. The minimum atomic E-state index is -0.173. The van der Waals surface area contributed by atoms with Crippen molar-refractivity contribution < 1.29 is 0 Å². The van der Waals surface area contributed by atoms with Gasteiger partial charge in [-0.15, -0.1) is 0 Å². The first-order valence-corrected chi connectivity index (χ1v) is 13.9. The molecule has 2 heterocycles. The molecule has 0 aliphatic heterocycles. The third kappa shape index (κ3) is 3.63. The SMILES string of the molecule is [C-]#[N+]c1ccc2c(=O)n3c(nc4cc(-c5ccccc5)cc(-c5ccccc5)c43)c3ccc(-c4ccc(C#N)cc4)c1c23. The van der Waals surface area contributed by atoms with Crippen LogP contribution in [0.25, 0.3) is 76.5 Å². The Bertz CT molecular complexity index is 2520. The van der Waals surface area contributed by atoms with Gasteiger partial charge in [0.05, 0.1) is 29.2 Å². The quantitative estimate of drug-likeness (QED) is 0.207. The summed E-state index contributed by atoms with van der Waals surface area (Å²) in [5.74, 6) is 0. The van der Waals surface area contributed by atoms with E-state index in [1.165, 1.54) is 0 Å². The first-order valence-electron chi connectivity index (χ1n) is 13.9. The van der Waals surface area contributed by atoms with E-state index in [9.17, 15) is 10.1 Å². The lowest BCUT2D eigenvalue weighted by molar-refractivity contribution is 1.19.